The summed E-state index contributed by atoms with van der Waals surface area (Å²) in [6, 6.07) is 0. The molecule has 0 aliphatic heterocycles. The van der Waals surface area contributed by atoms with Gasteiger partial charge in [0.1, 0.15) is 6.61 Å². The van der Waals surface area contributed by atoms with Crippen molar-refractivity contribution in [3.8, 4) is 0 Å². The largest absolute Gasteiger partial charge is 0.550 e. The SMILES string of the molecule is C=CCOC(=O)CCCCC(=O)[O-]. The highest BCUT2D eigenvalue weighted by Crippen LogP contribution is 2.00. The number of carbonyl (C=O) groups is 2. The van der Waals surface area contributed by atoms with Crippen LogP contribution in [0.2, 0.25) is 0 Å². The summed E-state index contributed by atoms with van der Waals surface area (Å²) in [5.74, 6) is -1.40. The Morgan fingerprint density at radius 2 is 1.92 bits per heavy atom. The summed E-state index contributed by atoms with van der Waals surface area (Å²) in [7, 11) is 0. The molecule has 13 heavy (non-hydrogen) atoms. The quantitative estimate of drug-likeness (QED) is 0.319. The van der Waals surface area contributed by atoms with Gasteiger partial charge < -0.3 is 14.6 Å². The summed E-state index contributed by atoms with van der Waals surface area (Å²) in [4.78, 5) is 20.8. The molecule has 0 aliphatic carbocycles. The van der Waals surface area contributed by atoms with Gasteiger partial charge >= 0.3 is 5.97 Å². The van der Waals surface area contributed by atoms with Gasteiger partial charge in [-0.1, -0.05) is 12.7 Å². The van der Waals surface area contributed by atoms with Crippen LogP contribution in [0.4, 0.5) is 0 Å². The first kappa shape index (κ1) is 11.7. The Kier molecular flexibility index (Phi) is 6.59. The van der Waals surface area contributed by atoms with Gasteiger partial charge in [0.2, 0.25) is 0 Å². The zero-order chi connectivity index (χ0) is 10.1. The highest BCUT2D eigenvalue weighted by molar-refractivity contribution is 5.69. The number of unbranched alkanes of at least 4 members (excludes halogenated alkanes) is 1. The van der Waals surface area contributed by atoms with Crippen molar-refractivity contribution in [2.75, 3.05) is 6.61 Å². The number of esters is 1. The van der Waals surface area contributed by atoms with Crippen LogP contribution in [0.25, 0.3) is 0 Å². The van der Waals surface area contributed by atoms with Crippen molar-refractivity contribution >= 4 is 11.9 Å². The minimum Gasteiger partial charge on any atom is -0.550 e. The van der Waals surface area contributed by atoms with E-state index in [1.165, 1.54) is 6.08 Å². The van der Waals surface area contributed by atoms with Crippen LogP contribution < -0.4 is 5.11 Å². The maximum atomic E-state index is 10.8. The van der Waals surface area contributed by atoms with Crippen molar-refractivity contribution in [3.63, 3.8) is 0 Å². The summed E-state index contributed by atoms with van der Waals surface area (Å²) < 4.78 is 4.68. The number of ether oxygens (including phenoxy) is 1. The van der Waals surface area contributed by atoms with Crippen LogP contribution in [-0.4, -0.2) is 18.5 Å². The number of rotatable bonds is 7. The fourth-order valence-electron chi connectivity index (χ4n) is 0.763. The van der Waals surface area contributed by atoms with E-state index in [1.54, 1.807) is 0 Å². The molecule has 0 saturated heterocycles. The van der Waals surface area contributed by atoms with Gasteiger partial charge in [0.25, 0.3) is 0 Å². The second-order valence-corrected chi connectivity index (χ2v) is 2.55. The lowest BCUT2D eigenvalue weighted by atomic mass is 10.2. The molecule has 0 fully saturated rings. The topological polar surface area (TPSA) is 66.4 Å². The Labute approximate surface area is 77.2 Å². The highest BCUT2D eigenvalue weighted by atomic mass is 16.5. The standard InChI is InChI=1S/C9H14O4/c1-2-7-13-9(12)6-4-3-5-8(10)11/h2H,1,3-7H2,(H,10,11)/p-1. The zero-order valence-electron chi connectivity index (χ0n) is 7.45. The number of hydrogen-bond donors (Lipinski definition) is 0. The van der Waals surface area contributed by atoms with Crippen LogP contribution in [0.5, 0.6) is 0 Å². The molecule has 0 heterocycles. The third-order valence-electron chi connectivity index (χ3n) is 1.37. The average molecular weight is 185 g/mol. The van der Waals surface area contributed by atoms with Gasteiger partial charge in [0, 0.05) is 12.4 Å². The molecule has 0 atom stereocenters. The molecule has 0 aromatic heterocycles. The van der Waals surface area contributed by atoms with E-state index in [-0.39, 0.29) is 25.4 Å². The molecule has 74 valence electrons. The van der Waals surface area contributed by atoms with E-state index >= 15 is 0 Å². The van der Waals surface area contributed by atoms with Gasteiger partial charge in [-0.05, 0) is 19.3 Å². The third-order valence-corrected chi connectivity index (χ3v) is 1.37. The Morgan fingerprint density at radius 1 is 1.31 bits per heavy atom. The number of aliphatic carboxylic acids is 1. The van der Waals surface area contributed by atoms with Gasteiger partial charge in [-0.2, -0.15) is 0 Å². The van der Waals surface area contributed by atoms with Gasteiger partial charge in [0.15, 0.2) is 0 Å². The molecule has 0 aromatic carbocycles. The molecule has 0 N–H and O–H groups in total. The zero-order valence-corrected chi connectivity index (χ0v) is 7.45. The van der Waals surface area contributed by atoms with E-state index in [9.17, 15) is 14.7 Å². The molecule has 0 rings (SSSR count). The Bertz CT molecular complexity index is 186. The van der Waals surface area contributed by atoms with E-state index in [4.69, 9.17) is 0 Å². The van der Waals surface area contributed by atoms with Gasteiger partial charge in [-0.3, -0.25) is 4.79 Å². The first-order valence-electron chi connectivity index (χ1n) is 4.13. The molecule has 0 spiro atoms. The predicted octanol–water partition coefficient (Wildman–Crippen LogP) is 0.0259. The summed E-state index contributed by atoms with van der Waals surface area (Å²) in [5.41, 5.74) is 0. The van der Waals surface area contributed by atoms with Crippen LogP contribution in [0.3, 0.4) is 0 Å². The fourth-order valence-corrected chi connectivity index (χ4v) is 0.763. The minimum absolute atomic E-state index is 0.00522. The van der Waals surface area contributed by atoms with Gasteiger partial charge in [-0.15, -0.1) is 0 Å². The predicted molar refractivity (Wildman–Crippen MR) is 44.6 cm³/mol. The monoisotopic (exact) mass is 185 g/mol. The first-order chi connectivity index (χ1) is 6.16. The van der Waals surface area contributed by atoms with E-state index in [2.05, 4.69) is 11.3 Å². The van der Waals surface area contributed by atoms with Crippen LogP contribution in [0.15, 0.2) is 12.7 Å². The van der Waals surface area contributed by atoms with E-state index in [1.807, 2.05) is 0 Å². The number of hydrogen-bond acceptors (Lipinski definition) is 4. The molecule has 0 radical (unpaired) electrons. The number of carboxylic acids is 1. The smallest absolute Gasteiger partial charge is 0.306 e. The second-order valence-electron chi connectivity index (χ2n) is 2.55. The molecule has 0 bridgehead atoms. The van der Waals surface area contributed by atoms with E-state index < -0.39 is 5.97 Å². The summed E-state index contributed by atoms with van der Waals surface area (Å²) >= 11 is 0. The molecule has 0 amide bonds. The van der Waals surface area contributed by atoms with Crippen molar-refractivity contribution in [3.05, 3.63) is 12.7 Å². The Morgan fingerprint density at radius 3 is 2.46 bits per heavy atom. The molecular weight excluding hydrogens is 172 g/mol. The molecule has 0 aromatic rings. The van der Waals surface area contributed by atoms with Crippen LogP contribution in [-0.2, 0) is 14.3 Å². The van der Waals surface area contributed by atoms with Crippen LogP contribution in [0, 0.1) is 0 Å². The molecular formula is C9H13O4-. The maximum absolute atomic E-state index is 10.8. The molecule has 0 unspecified atom stereocenters. The van der Waals surface area contributed by atoms with Crippen LogP contribution in [0.1, 0.15) is 25.7 Å². The fraction of sp³-hybridized carbons (Fsp3) is 0.556. The first-order valence-corrected chi connectivity index (χ1v) is 4.13. The summed E-state index contributed by atoms with van der Waals surface area (Å²) in [5, 5.41) is 9.98. The van der Waals surface area contributed by atoms with Crippen molar-refractivity contribution in [2.24, 2.45) is 0 Å². The van der Waals surface area contributed by atoms with E-state index in [0.29, 0.717) is 12.8 Å². The van der Waals surface area contributed by atoms with Crippen molar-refractivity contribution in [1.82, 2.24) is 0 Å². The van der Waals surface area contributed by atoms with E-state index in [0.717, 1.165) is 0 Å². The second kappa shape index (κ2) is 7.34. The van der Waals surface area contributed by atoms with Gasteiger partial charge in [0.05, 0.1) is 0 Å². The van der Waals surface area contributed by atoms with Crippen molar-refractivity contribution in [1.29, 1.82) is 0 Å². The lowest BCUT2D eigenvalue weighted by Gasteiger charge is -2.02. The molecule has 4 nitrogen and oxygen atoms in total. The van der Waals surface area contributed by atoms with Crippen molar-refractivity contribution in [2.45, 2.75) is 25.7 Å². The average Bonchev–Trinajstić information content (AvgIpc) is 2.08. The maximum Gasteiger partial charge on any atom is 0.306 e. The minimum atomic E-state index is -1.08. The highest BCUT2D eigenvalue weighted by Gasteiger charge is 2.00. The summed E-state index contributed by atoms with van der Waals surface area (Å²) in [6.07, 6.45) is 2.70. The lowest BCUT2D eigenvalue weighted by Crippen LogP contribution is -2.21. The number of carbonyl (C=O) groups excluding carboxylic acids is 2. The molecule has 0 saturated carbocycles. The third kappa shape index (κ3) is 8.59. The van der Waals surface area contributed by atoms with Crippen molar-refractivity contribution < 1.29 is 19.4 Å². The summed E-state index contributed by atoms with van der Waals surface area (Å²) in [6.45, 7) is 3.60. The normalized spacial score (nSPS) is 9.23. The number of carboxylic acid groups (broad SMARTS) is 1. The van der Waals surface area contributed by atoms with Crippen LogP contribution >= 0.6 is 0 Å². The Hall–Kier alpha value is -1.32. The lowest BCUT2D eigenvalue weighted by molar-refractivity contribution is -0.305. The Balaban J connectivity index is 3.26. The molecule has 4 heteroatoms. The van der Waals surface area contributed by atoms with Gasteiger partial charge in [-0.25, -0.2) is 0 Å². The molecule has 0 aliphatic rings.